The molecular weight excluding hydrogens is 460 g/mol. The summed E-state index contributed by atoms with van der Waals surface area (Å²) in [5, 5.41) is 21.5. The predicted octanol–water partition coefficient (Wildman–Crippen LogP) is 4.60. The molecule has 0 radical (unpaired) electrons. The van der Waals surface area contributed by atoms with Gasteiger partial charge in [-0.25, -0.2) is 0 Å². The van der Waals surface area contributed by atoms with Crippen molar-refractivity contribution in [3.63, 3.8) is 0 Å². The number of hydrogen-bond donors (Lipinski definition) is 2. The number of ketones is 1. The number of amides is 1. The van der Waals surface area contributed by atoms with Crippen molar-refractivity contribution < 1.29 is 29.3 Å². The van der Waals surface area contributed by atoms with E-state index in [0.29, 0.717) is 30.1 Å². The number of aliphatic hydroxyl groups excluding tert-OH is 1. The Labute approximate surface area is 209 Å². The summed E-state index contributed by atoms with van der Waals surface area (Å²) in [5.74, 6) is -1.02. The molecule has 2 aromatic carbocycles. The molecule has 1 aliphatic rings. The summed E-state index contributed by atoms with van der Waals surface area (Å²) in [6, 6.07) is 14.0. The van der Waals surface area contributed by atoms with Gasteiger partial charge in [0.05, 0.1) is 24.8 Å². The van der Waals surface area contributed by atoms with E-state index in [0.717, 1.165) is 12.0 Å². The molecule has 1 aromatic heterocycles. The summed E-state index contributed by atoms with van der Waals surface area (Å²) in [7, 11) is 0. The molecule has 1 atom stereocenters. The molecule has 8 heteroatoms. The Kier molecular flexibility index (Phi) is 7.53. The molecule has 1 saturated heterocycles. The highest BCUT2D eigenvalue weighted by molar-refractivity contribution is 6.46. The average molecular weight is 489 g/mol. The van der Waals surface area contributed by atoms with E-state index in [2.05, 4.69) is 4.98 Å². The van der Waals surface area contributed by atoms with Crippen LogP contribution in [0.25, 0.3) is 5.76 Å². The van der Waals surface area contributed by atoms with E-state index in [4.69, 9.17) is 9.47 Å². The standard InChI is InChI=1S/C28H28N2O6/c1-3-14-36-21-10-7-19(8-11-21)26(32)24-25(20-9-12-22(31)23(15-20)35-4-2)30(28(34)27(24)33)17-18-6-5-13-29-16-18/h5-13,15-16,25,31-32H,3-4,14,17H2,1-2H3/b26-24+. The lowest BCUT2D eigenvalue weighted by Crippen LogP contribution is -2.29. The maximum absolute atomic E-state index is 13.3. The van der Waals surface area contributed by atoms with Crippen LogP contribution in [0.15, 0.2) is 72.6 Å². The molecule has 186 valence electrons. The second-order valence-electron chi connectivity index (χ2n) is 8.32. The summed E-state index contributed by atoms with van der Waals surface area (Å²) in [4.78, 5) is 32.0. The number of phenols is 1. The molecule has 1 aliphatic heterocycles. The molecule has 0 aliphatic carbocycles. The van der Waals surface area contributed by atoms with Crippen LogP contribution in [0.3, 0.4) is 0 Å². The van der Waals surface area contributed by atoms with Crippen LogP contribution in [0, 0.1) is 0 Å². The number of carbonyl (C=O) groups is 2. The van der Waals surface area contributed by atoms with Gasteiger partial charge in [-0.2, -0.15) is 0 Å². The number of likely N-dealkylation sites (tertiary alicyclic amines) is 1. The van der Waals surface area contributed by atoms with Gasteiger partial charge in [0.1, 0.15) is 11.5 Å². The van der Waals surface area contributed by atoms with Crippen LogP contribution in [0.1, 0.15) is 43.0 Å². The second-order valence-corrected chi connectivity index (χ2v) is 8.32. The molecule has 4 rings (SSSR count). The van der Waals surface area contributed by atoms with Crippen LogP contribution >= 0.6 is 0 Å². The van der Waals surface area contributed by atoms with E-state index in [9.17, 15) is 19.8 Å². The molecule has 8 nitrogen and oxygen atoms in total. The third-order valence-electron chi connectivity index (χ3n) is 5.82. The molecule has 2 heterocycles. The van der Waals surface area contributed by atoms with Gasteiger partial charge in [0.2, 0.25) is 0 Å². The van der Waals surface area contributed by atoms with E-state index in [-0.39, 0.29) is 29.4 Å². The van der Waals surface area contributed by atoms with Gasteiger partial charge >= 0.3 is 0 Å². The van der Waals surface area contributed by atoms with E-state index >= 15 is 0 Å². The van der Waals surface area contributed by atoms with Gasteiger partial charge < -0.3 is 24.6 Å². The Morgan fingerprint density at radius 3 is 2.50 bits per heavy atom. The Morgan fingerprint density at radius 1 is 1.06 bits per heavy atom. The normalized spacial score (nSPS) is 16.8. The number of aliphatic hydroxyl groups is 1. The number of aromatic nitrogens is 1. The van der Waals surface area contributed by atoms with E-state index in [1.54, 1.807) is 67.8 Å². The van der Waals surface area contributed by atoms with E-state index in [1.165, 1.54) is 11.0 Å². The molecular formula is C28H28N2O6. The predicted molar refractivity (Wildman–Crippen MR) is 134 cm³/mol. The second kappa shape index (κ2) is 10.9. The first-order valence-electron chi connectivity index (χ1n) is 11.8. The SMILES string of the molecule is CCCOc1ccc(/C(O)=C2\C(=O)C(=O)N(Cc3cccnc3)C2c2ccc(O)c(OCC)c2)cc1. The molecule has 3 aromatic rings. The van der Waals surface area contributed by atoms with Crippen molar-refractivity contribution in [2.24, 2.45) is 0 Å². The number of ether oxygens (including phenoxy) is 2. The number of aromatic hydroxyl groups is 1. The Hall–Kier alpha value is -4.33. The molecule has 0 saturated carbocycles. The van der Waals surface area contributed by atoms with Gasteiger partial charge in [0, 0.05) is 24.5 Å². The minimum Gasteiger partial charge on any atom is -0.507 e. The van der Waals surface area contributed by atoms with Crippen molar-refractivity contribution >= 4 is 17.4 Å². The van der Waals surface area contributed by atoms with Crippen molar-refractivity contribution in [2.45, 2.75) is 32.9 Å². The minimum atomic E-state index is -0.902. The lowest BCUT2D eigenvalue weighted by molar-refractivity contribution is -0.140. The Balaban J connectivity index is 1.82. The van der Waals surface area contributed by atoms with Crippen LogP contribution in [0.2, 0.25) is 0 Å². The smallest absolute Gasteiger partial charge is 0.295 e. The summed E-state index contributed by atoms with van der Waals surface area (Å²) in [5.41, 5.74) is 1.58. The number of nitrogens with zero attached hydrogens (tertiary/aromatic N) is 2. The number of phenolic OH excluding ortho intramolecular Hbond substituents is 1. The van der Waals surface area contributed by atoms with Crippen LogP contribution < -0.4 is 9.47 Å². The number of carbonyl (C=O) groups excluding carboxylic acids is 2. The number of rotatable bonds is 9. The van der Waals surface area contributed by atoms with Crippen LogP contribution in [-0.2, 0) is 16.1 Å². The van der Waals surface area contributed by atoms with Gasteiger partial charge in [0.15, 0.2) is 11.5 Å². The minimum absolute atomic E-state index is 0.0424. The van der Waals surface area contributed by atoms with Gasteiger partial charge in [-0.3, -0.25) is 14.6 Å². The third kappa shape index (κ3) is 5.02. The van der Waals surface area contributed by atoms with Crippen molar-refractivity contribution in [2.75, 3.05) is 13.2 Å². The lowest BCUT2D eigenvalue weighted by atomic mass is 9.95. The van der Waals surface area contributed by atoms with Gasteiger partial charge in [-0.1, -0.05) is 19.1 Å². The number of benzene rings is 2. The fraction of sp³-hybridized carbons (Fsp3) is 0.250. The molecule has 36 heavy (non-hydrogen) atoms. The summed E-state index contributed by atoms with van der Waals surface area (Å²) >= 11 is 0. The highest BCUT2D eigenvalue weighted by Gasteiger charge is 2.46. The maximum atomic E-state index is 13.3. The van der Waals surface area contributed by atoms with Crippen LogP contribution in [0.4, 0.5) is 0 Å². The van der Waals surface area contributed by atoms with E-state index < -0.39 is 17.7 Å². The van der Waals surface area contributed by atoms with E-state index in [1.807, 2.05) is 6.92 Å². The van der Waals surface area contributed by atoms with Crippen molar-refractivity contribution in [1.82, 2.24) is 9.88 Å². The first kappa shape index (κ1) is 24.8. The molecule has 2 N–H and O–H groups in total. The fourth-order valence-electron chi connectivity index (χ4n) is 4.13. The summed E-state index contributed by atoms with van der Waals surface area (Å²) in [6.07, 6.45) is 4.10. The van der Waals surface area contributed by atoms with Crippen molar-refractivity contribution in [1.29, 1.82) is 0 Å². The first-order chi connectivity index (χ1) is 17.4. The number of pyridine rings is 1. The molecule has 1 unspecified atom stereocenters. The number of hydrogen-bond acceptors (Lipinski definition) is 7. The van der Waals surface area contributed by atoms with Gasteiger partial charge in [0.25, 0.3) is 11.7 Å². The zero-order chi connectivity index (χ0) is 25.7. The zero-order valence-corrected chi connectivity index (χ0v) is 20.2. The molecule has 1 fully saturated rings. The topological polar surface area (TPSA) is 109 Å². The maximum Gasteiger partial charge on any atom is 0.295 e. The lowest BCUT2D eigenvalue weighted by Gasteiger charge is -2.26. The molecule has 0 spiro atoms. The highest BCUT2D eigenvalue weighted by atomic mass is 16.5. The van der Waals surface area contributed by atoms with Crippen molar-refractivity contribution in [3.05, 3.63) is 89.3 Å². The first-order valence-corrected chi connectivity index (χ1v) is 11.8. The Morgan fingerprint density at radius 2 is 1.83 bits per heavy atom. The summed E-state index contributed by atoms with van der Waals surface area (Å²) in [6.45, 7) is 4.78. The summed E-state index contributed by atoms with van der Waals surface area (Å²) < 4.78 is 11.1. The highest BCUT2D eigenvalue weighted by Crippen LogP contribution is 2.42. The van der Waals surface area contributed by atoms with Crippen LogP contribution in [0.5, 0.6) is 17.2 Å². The third-order valence-corrected chi connectivity index (χ3v) is 5.82. The Bertz CT molecular complexity index is 1270. The number of Topliss-reactive ketones (excluding diaryl/α,β-unsaturated/α-hetero) is 1. The van der Waals surface area contributed by atoms with Gasteiger partial charge in [-0.15, -0.1) is 0 Å². The fourth-order valence-corrected chi connectivity index (χ4v) is 4.13. The largest absolute Gasteiger partial charge is 0.507 e. The quantitative estimate of drug-likeness (QED) is 0.257. The molecule has 0 bridgehead atoms. The monoisotopic (exact) mass is 488 g/mol. The van der Waals surface area contributed by atoms with Gasteiger partial charge in [-0.05, 0) is 66.9 Å². The molecule has 1 amide bonds. The van der Waals surface area contributed by atoms with Crippen molar-refractivity contribution in [3.8, 4) is 17.2 Å². The van der Waals surface area contributed by atoms with Crippen LogP contribution in [-0.4, -0.2) is 45.0 Å². The average Bonchev–Trinajstić information content (AvgIpc) is 3.14. The zero-order valence-electron chi connectivity index (χ0n) is 20.2.